The number of hydrogen-bond donors (Lipinski definition) is 1. The summed E-state index contributed by atoms with van der Waals surface area (Å²) in [6, 6.07) is 3.55. The fourth-order valence-corrected chi connectivity index (χ4v) is 4.61. The van der Waals surface area contributed by atoms with Crippen molar-refractivity contribution in [2.24, 2.45) is 5.92 Å². The number of anilines is 1. The molecule has 2 heterocycles. The lowest BCUT2D eigenvalue weighted by atomic mass is 9.81. The summed E-state index contributed by atoms with van der Waals surface area (Å²) in [6.07, 6.45) is 5.92. The Morgan fingerprint density at radius 2 is 2.03 bits per heavy atom. The van der Waals surface area contributed by atoms with E-state index >= 15 is 0 Å². The molecule has 1 aromatic carbocycles. The molecule has 4 rings (SSSR count). The molecule has 2 aromatic heterocycles. The number of rotatable bonds is 5. The van der Waals surface area contributed by atoms with Gasteiger partial charge in [0.2, 0.25) is 0 Å². The molecule has 1 saturated carbocycles. The predicted molar refractivity (Wildman–Crippen MR) is 118 cm³/mol. The molecule has 7 nitrogen and oxygen atoms in total. The van der Waals surface area contributed by atoms with Gasteiger partial charge in [-0.05, 0) is 31.6 Å². The Morgan fingerprint density at radius 3 is 2.66 bits per heavy atom. The highest BCUT2D eigenvalue weighted by Gasteiger charge is 2.28. The van der Waals surface area contributed by atoms with Gasteiger partial charge >= 0.3 is 0 Å². The van der Waals surface area contributed by atoms with Crippen molar-refractivity contribution >= 4 is 45.3 Å². The van der Waals surface area contributed by atoms with Crippen LogP contribution in [-0.4, -0.2) is 26.9 Å². The van der Waals surface area contributed by atoms with E-state index in [4.69, 9.17) is 18.6 Å². The average molecular weight is 509 g/mol. The van der Waals surface area contributed by atoms with Crippen molar-refractivity contribution in [1.29, 1.82) is 0 Å². The Bertz CT molecular complexity index is 1020. The number of aromatic nitrogens is 2. The number of methoxy groups -OCH3 is 1. The van der Waals surface area contributed by atoms with Gasteiger partial charge in [-0.25, -0.2) is 9.97 Å². The maximum Gasteiger partial charge on any atom is 0.277 e. The van der Waals surface area contributed by atoms with Crippen molar-refractivity contribution in [2.45, 2.75) is 49.4 Å². The summed E-state index contributed by atoms with van der Waals surface area (Å²) < 4.78 is 17.3. The zero-order valence-electron chi connectivity index (χ0n) is 16.7. The van der Waals surface area contributed by atoms with Crippen molar-refractivity contribution in [3.05, 3.63) is 35.9 Å². The second-order valence-electron chi connectivity index (χ2n) is 7.57. The van der Waals surface area contributed by atoms with Crippen LogP contribution < -0.4 is 10.1 Å². The smallest absolute Gasteiger partial charge is 0.277 e. The molecule has 0 spiro atoms. The fraction of sp³-hybridized carbons (Fsp3) is 0.476. The molecule has 1 amide bonds. The summed E-state index contributed by atoms with van der Waals surface area (Å²) in [7, 11) is 1.56. The molecule has 1 unspecified atom stereocenters. The SMILES string of the molecule is COc1cc2nc(C3CCC(C(C)I)CC3)oc2cc1NC(=O)c1coc(C)n1. The Balaban J connectivity index is 1.56. The van der Waals surface area contributed by atoms with E-state index in [0.29, 0.717) is 32.8 Å². The summed E-state index contributed by atoms with van der Waals surface area (Å²) in [6.45, 7) is 3.97. The fourth-order valence-electron chi connectivity index (χ4n) is 3.89. The number of carbonyl (C=O) groups excluding carboxylic acids is 1. The molecule has 0 bridgehead atoms. The second kappa shape index (κ2) is 8.33. The first kappa shape index (κ1) is 20.2. The summed E-state index contributed by atoms with van der Waals surface area (Å²) >= 11 is 2.52. The Morgan fingerprint density at radius 1 is 1.28 bits per heavy atom. The van der Waals surface area contributed by atoms with Crippen molar-refractivity contribution in [1.82, 2.24) is 9.97 Å². The predicted octanol–water partition coefficient (Wildman–Crippen LogP) is 5.48. The number of amides is 1. The maximum absolute atomic E-state index is 12.4. The van der Waals surface area contributed by atoms with Crippen molar-refractivity contribution < 1.29 is 18.4 Å². The average Bonchev–Trinajstić information content (AvgIpc) is 3.33. The van der Waals surface area contributed by atoms with Crippen LogP contribution in [0.3, 0.4) is 0 Å². The largest absolute Gasteiger partial charge is 0.494 e. The van der Waals surface area contributed by atoms with Gasteiger partial charge in [0.25, 0.3) is 5.91 Å². The summed E-state index contributed by atoms with van der Waals surface area (Å²) in [4.78, 5) is 21.2. The molecule has 0 saturated heterocycles. The van der Waals surface area contributed by atoms with Crippen LogP contribution in [0.4, 0.5) is 5.69 Å². The molecule has 1 fully saturated rings. The van der Waals surface area contributed by atoms with Crippen LogP contribution in [0.15, 0.2) is 27.2 Å². The monoisotopic (exact) mass is 509 g/mol. The third-order valence-corrected chi connectivity index (χ3v) is 6.61. The normalized spacial score (nSPS) is 20.6. The summed E-state index contributed by atoms with van der Waals surface area (Å²) in [5.74, 6) is 2.48. The van der Waals surface area contributed by atoms with Gasteiger partial charge in [-0.3, -0.25) is 4.79 Å². The van der Waals surface area contributed by atoms with Crippen LogP contribution in [0.2, 0.25) is 0 Å². The van der Waals surface area contributed by atoms with Crippen LogP contribution >= 0.6 is 22.6 Å². The lowest BCUT2D eigenvalue weighted by Crippen LogP contribution is -2.19. The van der Waals surface area contributed by atoms with Crippen LogP contribution in [0.1, 0.15) is 60.8 Å². The molecule has 29 heavy (non-hydrogen) atoms. The second-order valence-corrected chi connectivity index (χ2v) is 9.53. The number of ether oxygens (including phenoxy) is 1. The minimum absolute atomic E-state index is 0.212. The van der Waals surface area contributed by atoms with Gasteiger partial charge < -0.3 is 18.9 Å². The van der Waals surface area contributed by atoms with E-state index in [1.807, 2.05) is 0 Å². The van der Waals surface area contributed by atoms with Gasteiger partial charge in [0, 0.05) is 28.9 Å². The quantitative estimate of drug-likeness (QED) is 0.362. The number of hydrogen-bond acceptors (Lipinski definition) is 6. The number of halogens is 1. The number of alkyl halides is 1. The van der Waals surface area contributed by atoms with E-state index in [-0.39, 0.29) is 11.6 Å². The number of nitrogens with one attached hydrogen (secondary N) is 1. The number of benzene rings is 1. The molecule has 0 aliphatic heterocycles. The van der Waals surface area contributed by atoms with Gasteiger partial charge in [0.15, 0.2) is 23.1 Å². The van der Waals surface area contributed by atoms with Crippen molar-refractivity contribution in [3.63, 3.8) is 0 Å². The molecule has 1 aliphatic carbocycles. The molecule has 154 valence electrons. The van der Waals surface area contributed by atoms with E-state index in [1.54, 1.807) is 26.2 Å². The Labute approximate surface area is 182 Å². The summed E-state index contributed by atoms with van der Waals surface area (Å²) in [5.41, 5.74) is 2.09. The Kier molecular flexibility index (Phi) is 5.80. The molecule has 8 heteroatoms. The van der Waals surface area contributed by atoms with Crippen molar-refractivity contribution in [3.8, 4) is 5.75 Å². The lowest BCUT2D eigenvalue weighted by Gasteiger charge is -2.28. The van der Waals surface area contributed by atoms with E-state index < -0.39 is 0 Å². The molecular formula is C21H24IN3O4. The number of aryl methyl sites for hydroxylation is 1. The van der Waals surface area contributed by atoms with Crippen LogP contribution in [0.25, 0.3) is 11.1 Å². The Hall–Kier alpha value is -2.10. The highest BCUT2D eigenvalue weighted by Crippen LogP contribution is 2.40. The topological polar surface area (TPSA) is 90.4 Å². The third kappa shape index (κ3) is 4.26. The number of nitrogens with zero attached hydrogens (tertiary/aromatic N) is 2. The first-order chi connectivity index (χ1) is 13.9. The van der Waals surface area contributed by atoms with E-state index in [9.17, 15) is 4.79 Å². The van der Waals surface area contributed by atoms with E-state index in [1.165, 1.54) is 19.1 Å². The molecule has 1 aliphatic rings. The van der Waals surface area contributed by atoms with Gasteiger partial charge in [-0.2, -0.15) is 0 Å². The standard InChI is InChI=1S/C21H24IN3O4/c1-11(22)13-4-6-14(7-5-13)21-25-16-8-18(27-3)15(9-19(16)29-21)24-20(26)17-10-28-12(2)23-17/h8-11,13-14H,4-7H2,1-3H3,(H,24,26). The van der Waals surface area contributed by atoms with Gasteiger partial charge in [0.1, 0.15) is 17.5 Å². The molecule has 1 atom stereocenters. The molecular weight excluding hydrogens is 485 g/mol. The maximum atomic E-state index is 12.4. The molecule has 0 radical (unpaired) electrons. The number of oxazole rings is 2. The lowest BCUT2D eigenvalue weighted by molar-refractivity contribution is 0.102. The van der Waals surface area contributed by atoms with E-state index in [2.05, 4.69) is 39.8 Å². The van der Waals surface area contributed by atoms with Gasteiger partial charge in [0.05, 0.1) is 12.8 Å². The highest BCUT2D eigenvalue weighted by molar-refractivity contribution is 14.1. The highest BCUT2D eigenvalue weighted by atomic mass is 127. The van der Waals surface area contributed by atoms with Crippen LogP contribution in [0.5, 0.6) is 5.75 Å². The number of carbonyl (C=O) groups is 1. The molecule has 1 N–H and O–H groups in total. The van der Waals surface area contributed by atoms with Gasteiger partial charge in [-0.15, -0.1) is 0 Å². The van der Waals surface area contributed by atoms with E-state index in [0.717, 1.165) is 30.2 Å². The molecule has 3 aromatic rings. The minimum atomic E-state index is -0.370. The first-order valence-electron chi connectivity index (χ1n) is 9.80. The number of fused-ring (bicyclic) bond motifs is 1. The first-order valence-corrected chi connectivity index (χ1v) is 11.0. The van der Waals surface area contributed by atoms with Crippen molar-refractivity contribution in [2.75, 3.05) is 12.4 Å². The minimum Gasteiger partial charge on any atom is -0.494 e. The third-order valence-electron chi connectivity index (χ3n) is 5.60. The van der Waals surface area contributed by atoms with Gasteiger partial charge in [-0.1, -0.05) is 29.5 Å². The zero-order chi connectivity index (χ0) is 20.5. The van der Waals surface area contributed by atoms with Crippen LogP contribution in [-0.2, 0) is 0 Å². The van der Waals surface area contributed by atoms with Crippen LogP contribution in [0, 0.1) is 12.8 Å². The summed E-state index contributed by atoms with van der Waals surface area (Å²) in [5, 5.41) is 2.82. The zero-order valence-corrected chi connectivity index (χ0v) is 18.9.